The molecule has 2 aromatic carbocycles. The van der Waals surface area contributed by atoms with Crippen LogP contribution in [0, 0.1) is 6.92 Å². The number of aryl methyl sites for hydroxylation is 1. The summed E-state index contributed by atoms with van der Waals surface area (Å²) in [6.07, 6.45) is 2.05. The van der Waals surface area contributed by atoms with Gasteiger partial charge < -0.3 is 9.30 Å². The van der Waals surface area contributed by atoms with Gasteiger partial charge in [0.05, 0.1) is 17.7 Å². The summed E-state index contributed by atoms with van der Waals surface area (Å²) in [4.78, 5) is 11.9. The second-order valence-electron chi connectivity index (χ2n) is 5.11. The molecule has 1 aromatic heterocycles. The van der Waals surface area contributed by atoms with Crippen LogP contribution in [-0.2, 0) is 4.74 Å². The van der Waals surface area contributed by atoms with E-state index in [0.29, 0.717) is 17.2 Å². The van der Waals surface area contributed by atoms with E-state index in [0.717, 1.165) is 22.2 Å². The summed E-state index contributed by atoms with van der Waals surface area (Å²) < 4.78 is 7.14. The summed E-state index contributed by atoms with van der Waals surface area (Å²) in [5.74, 6) is -0.292. The predicted molar refractivity (Wildman–Crippen MR) is 89.0 cm³/mol. The van der Waals surface area contributed by atoms with Crippen molar-refractivity contribution < 1.29 is 9.53 Å². The molecule has 0 aliphatic carbocycles. The highest BCUT2D eigenvalue weighted by molar-refractivity contribution is 6.30. The van der Waals surface area contributed by atoms with Gasteiger partial charge >= 0.3 is 5.97 Å². The lowest BCUT2D eigenvalue weighted by atomic mass is 10.1. The predicted octanol–water partition coefficient (Wildman–Crippen LogP) is 4.77. The fourth-order valence-electron chi connectivity index (χ4n) is 2.58. The van der Waals surface area contributed by atoms with Crippen molar-refractivity contribution in [2.45, 2.75) is 13.8 Å². The Bertz CT molecular complexity index is 851. The summed E-state index contributed by atoms with van der Waals surface area (Å²) in [6.45, 7) is 4.20. The Morgan fingerprint density at radius 2 is 2.05 bits per heavy atom. The van der Waals surface area contributed by atoms with Gasteiger partial charge in [-0.25, -0.2) is 4.79 Å². The van der Waals surface area contributed by atoms with Gasteiger partial charge in [0.15, 0.2) is 0 Å². The van der Waals surface area contributed by atoms with Gasteiger partial charge in [0, 0.05) is 22.3 Å². The summed E-state index contributed by atoms with van der Waals surface area (Å²) in [5.41, 5.74) is 3.70. The summed E-state index contributed by atoms with van der Waals surface area (Å²) in [6, 6.07) is 13.3. The molecular formula is C18H16ClNO2. The van der Waals surface area contributed by atoms with Crippen LogP contribution in [0.4, 0.5) is 0 Å². The number of aromatic nitrogens is 1. The lowest BCUT2D eigenvalue weighted by Crippen LogP contribution is -2.04. The van der Waals surface area contributed by atoms with E-state index in [-0.39, 0.29) is 5.97 Å². The van der Waals surface area contributed by atoms with Gasteiger partial charge in [-0.15, -0.1) is 0 Å². The number of hydrogen-bond acceptors (Lipinski definition) is 2. The Labute approximate surface area is 134 Å². The SMILES string of the molecule is CCOC(=O)c1ccc2c(c1)c(C)cn2-c1cccc(Cl)c1. The largest absolute Gasteiger partial charge is 0.462 e. The molecule has 112 valence electrons. The first-order valence-electron chi connectivity index (χ1n) is 7.15. The van der Waals surface area contributed by atoms with Crippen LogP contribution in [0.1, 0.15) is 22.8 Å². The number of carbonyl (C=O) groups excluding carboxylic acids is 1. The normalized spacial score (nSPS) is 10.9. The minimum Gasteiger partial charge on any atom is -0.462 e. The number of ether oxygens (including phenoxy) is 1. The quantitative estimate of drug-likeness (QED) is 0.652. The van der Waals surface area contributed by atoms with E-state index in [1.54, 1.807) is 13.0 Å². The molecule has 3 aromatic rings. The highest BCUT2D eigenvalue weighted by Crippen LogP contribution is 2.27. The molecule has 0 unspecified atom stereocenters. The second kappa shape index (κ2) is 5.85. The van der Waals surface area contributed by atoms with Crippen LogP contribution in [-0.4, -0.2) is 17.1 Å². The number of carbonyl (C=O) groups is 1. The number of esters is 1. The average Bonchev–Trinajstić information content (AvgIpc) is 2.84. The molecule has 4 heteroatoms. The third-order valence-electron chi connectivity index (χ3n) is 3.60. The van der Waals surface area contributed by atoms with Crippen LogP contribution in [0.3, 0.4) is 0 Å². The van der Waals surface area contributed by atoms with Gasteiger partial charge in [-0.2, -0.15) is 0 Å². The standard InChI is InChI=1S/C18H16ClNO2/c1-3-22-18(21)13-7-8-17-16(9-13)12(2)11-20(17)15-6-4-5-14(19)10-15/h4-11H,3H2,1-2H3. The molecule has 0 atom stereocenters. The molecule has 0 aliphatic heterocycles. The third-order valence-corrected chi connectivity index (χ3v) is 3.84. The van der Waals surface area contributed by atoms with Gasteiger partial charge in [-0.05, 0) is 55.8 Å². The smallest absolute Gasteiger partial charge is 0.338 e. The molecule has 1 heterocycles. The molecule has 0 bridgehead atoms. The van der Waals surface area contributed by atoms with Crippen molar-refractivity contribution >= 4 is 28.5 Å². The number of benzene rings is 2. The third kappa shape index (κ3) is 2.60. The molecule has 3 nitrogen and oxygen atoms in total. The Kier molecular flexibility index (Phi) is 3.90. The molecule has 22 heavy (non-hydrogen) atoms. The highest BCUT2D eigenvalue weighted by atomic mass is 35.5. The van der Waals surface area contributed by atoms with Crippen LogP contribution < -0.4 is 0 Å². The zero-order valence-corrected chi connectivity index (χ0v) is 13.2. The first kappa shape index (κ1) is 14.7. The molecule has 0 N–H and O–H groups in total. The molecule has 0 spiro atoms. The summed E-state index contributed by atoms with van der Waals surface area (Å²) in [7, 11) is 0. The molecule has 0 saturated carbocycles. The minimum absolute atomic E-state index is 0.292. The zero-order chi connectivity index (χ0) is 15.7. The van der Waals surface area contributed by atoms with Crippen molar-refractivity contribution in [2.75, 3.05) is 6.61 Å². The van der Waals surface area contributed by atoms with E-state index < -0.39 is 0 Å². The Hall–Kier alpha value is -2.26. The van der Waals surface area contributed by atoms with E-state index in [2.05, 4.69) is 4.57 Å². The van der Waals surface area contributed by atoms with Crippen molar-refractivity contribution in [3.63, 3.8) is 0 Å². The van der Waals surface area contributed by atoms with Crippen LogP contribution in [0.25, 0.3) is 16.6 Å². The van der Waals surface area contributed by atoms with Crippen molar-refractivity contribution in [1.82, 2.24) is 4.57 Å². The highest BCUT2D eigenvalue weighted by Gasteiger charge is 2.12. The fraction of sp³-hybridized carbons (Fsp3) is 0.167. The average molecular weight is 314 g/mol. The first-order chi connectivity index (χ1) is 10.6. The molecule has 0 aliphatic rings. The van der Waals surface area contributed by atoms with Gasteiger partial charge in [0.1, 0.15) is 0 Å². The van der Waals surface area contributed by atoms with Crippen LogP contribution >= 0.6 is 11.6 Å². The molecular weight excluding hydrogens is 298 g/mol. The lowest BCUT2D eigenvalue weighted by Gasteiger charge is -2.07. The maximum absolute atomic E-state index is 11.9. The molecule has 0 fully saturated rings. The van der Waals surface area contributed by atoms with E-state index >= 15 is 0 Å². The van der Waals surface area contributed by atoms with Crippen molar-refractivity contribution in [3.8, 4) is 5.69 Å². The van der Waals surface area contributed by atoms with E-state index in [9.17, 15) is 4.79 Å². The number of nitrogens with zero attached hydrogens (tertiary/aromatic N) is 1. The van der Waals surface area contributed by atoms with Crippen molar-refractivity contribution in [1.29, 1.82) is 0 Å². The minimum atomic E-state index is -0.292. The van der Waals surface area contributed by atoms with Crippen LogP contribution in [0.2, 0.25) is 5.02 Å². The topological polar surface area (TPSA) is 31.2 Å². The van der Waals surface area contributed by atoms with Crippen molar-refractivity contribution in [2.24, 2.45) is 0 Å². The molecule has 0 amide bonds. The van der Waals surface area contributed by atoms with Gasteiger partial charge in [-0.3, -0.25) is 0 Å². The van der Waals surface area contributed by atoms with Gasteiger partial charge in [0.25, 0.3) is 0 Å². The van der Waals surface area contributed by atoms with E-state index in [1.165, 1.54) is 0 Å². The van der Waals surface area contributed by atoms with Crippen LogP contribution in [0.5, 0.6) is 0 Å². The number of halogens is 1. The monoisotopic (exact) mass is 313 g/mol. The fourth-order valence-corrected chi connectivity index (χ4v) is 2.76. The zero-order valence-electron chi connectivity index (χ0n) is 12.5. The van der Waals surface area contributed by atoms with Crippen LogP contribution in [0.15, 0.2) is 48.7 Å². The Balaban J connectivity index is 2.13. The Morgan fingerprint density at radius 1 is 1.23 bits per heavy atom. The van der Waals surface area contributed by atoms with Crippen molar-refractivity contribution in [3.05, 3.63) is 64.8 Å². The number of fused-ring (bicyclic) bond motifs is 1. The first-order valence-corrected chi connectivity index (χ1v) is 7.52. The molecule has 0 radical (unpaired) electrons. The number of rotatable bonds is 3. The summed E-state index contributed by atoms with van der Waals surface area (Å²) in [5, 5.41) is 1.73. The van der Waals surface area contributed by atoms with E-state index in [1.807, 2.05) is 49.5 Å². The maximum Gasteiger partial charge on any atom is 0.338 e. The van der Waals surface area contributed by atoms with Gasteiger partial charge in [0.2, 0.25) is 0 Å². The Morgan fingerprint density at radius 3 is 2.77 bits per heavy atom. The lowest BCUT2D eigenvalue weighted by molar-refractivity contribution is 0.0526. The molecule has 3 rings (SSSR count). The summed E-state index contributed by atoms with van der Waals surface area (Å²) >= 11 is 6.08. The van der Waals surface area contributed by atoms with E-state index in [4.69, 9.17) is 16.3 Å². The second-order valence-corrected chi connectivity index (χ2v) is 5.55. The maximum atomic E-state index is 11.9. The number of hydrogen-bond donors (Lipinski definition) is 0. The molecule has 0 saturated heterocycles. The van der Waals surface area contributed by atoms with Gasteiger partial charge in [-0.1, -0.05) is 17.7 Å².